The Hall–Kier alpha value is -3.10. The number of nitrogen functional groups attached to an aromatic ring is 1. The maximum Gasteiger partial charge on any atom is 0.340 e. The van der Waals surface area contributed by atoms with Gasteiger partial charge in [0.15, 0.2) is 0 Å². The van der Waals surface area contributed by atoms with Gasteiger partial charge in [-0.25, -0.2) is 9.78 Å². The van der Waals surface area contributed by atoms with E-state index < -0.39 is 5.97 Å². The molecule has 1 amide bonds. The van der Waals surface area contributed by atoms with Crippen LogP contribution in [-0.4, -0.2) is 43.1 Å². The molecular formula is C24H25ClN4O3S. The van der Waals surface area contributed by atoms with Crippen LogP contribution < -0.4 is 16.0 Å². The van der Waals surface area contributed by atoms with Crippen LogP contribution in [0.2, 0.25) is 5.02 Å². The van der Waals surface area contributed by atoms with Crippen LogP contribution in [0.15, 0.2) is 42.5 Å². The number of benzene rings is 2. The first kappa shape index (κ1) is 23.1. The Bertz CT molecular complexity index is 1180. The number of anilines is 2. The van der Waals surface area contributed by atoms with E-state index in [9.17, 15) is 9.59 Å². The van der Waals surface area contributed by atoms with Crippen molar-refractivity contribution in [1.29, 1.82) is 0 Å². The van der Waals surface area contributed by atoms with Gasteiger partial charge >= 0.3 is 5.97 Å². The highest BCUT2D eigenvalue weighted by atomic mass is 35.5. The summed E-state index contributed by atoms with van der Waals surface area (Å²) in [5.74, 6) is -0.585. The van der Waals surface area contributed by atoms with Crippen molar-refractivity contribution in [1.82, 2.24) is 10.3 Å². The number of aromatic nitrogens is 1. The molecule has 0 aliphatic carbocycles. The second-order valence-electron chi connectivity index (χ2n) is 7.96. The number of hydrogen-bond acceptors (Lipinski definition) is 7. The molecule has 1 saturated heterocycles. The molecule has 1 aliphatic heterocycles. The van der Waals surface area contributed by atoms with Crippen LogP contribution in [0.1, 0.15) is 38.6 Å². The number of nitrogens with one attached hydrogen (secondary N) is 1. The van der Waals surface area contributed by atoms with Gasteiger partial charge in [0.2, 0.25) is 0 Å². The third kappa shape index (κ3) is 5.12. The zero-order valence-electron chi connectivity index (χ0n) is 18.4. The van der Waals surface area contributed by atoms with Crippen molar-refractivity contribution in [3.8, 4) is 10.6 Å². The minimum absolute atomic E-state index is 0.0224. The number of amides is 1. The van der Waals surface area contributed by atoms with Gasteiger partial charge in [0, 0.05) is 41.1 Å². The number of rotatable bonds is 5. The standard InChI is InChI=1S/C24H25ClN4O3S/c1-14-21(33-23(27-14)15-5-7-16(25)8-6-15)22(30)28-17-4-3-11-29(13-17)18-9-10-20(26)19(12-18)24(31)32-2/h5-10,12,17H,3-4,11,13,26H2,1-2H3,(H,28,30)/t17-/m0/s1. The Morgan fingerprint density at radius 2 is 2.00 bits per heavy atom. The minimum atomic E-state index is -0.464. The lowest BCUT2D eigenvalue weighted by Crippen LogP contribution is -2.47. The predicted molar refractivity (Wildman–Crippen MR) is 132 cm³/mol. The van der Waals surface area contributed by atoms with E-state index >= 15 is 0 Å². The molecule has 1 fully saturated rings. The summed E-state index contributed by atoms with van der Waals surface area (Å²) in [6.45, 7) is 3.32. The summed E-state index contributed by atoms with van der Waals surface area (Å²) in [4.78, 5) is 32.4. The van der Waals surface area contributed by atoms with Gasteiger partial charge < -0.3 is 20.7 Å². The van der Waals surface area contributed by atoms with E-state index in [1.807, 2.05) is 37.3 Å². The van der Waals surface area contributed by atoms with Gasteiger partial charge in [-0.2, -0.15) is 0 Å². The van der Waals surface area contributed by atoms with Crippen LogP contribution in [0.3, 0.4) is 0 Å². The number of aryl methyl sites for hydroxylation is 1. The first-order valence-electron chi connectivity index (χ1n) is 10.6. The summed E-state index contributed by atoms with van der Waals surface area (Å²) in [6, 6.07) is 12.7. The van der Waals surface area contributed by atoms with Crippen LogP contribution in [0.25, 0.3) is 10.6 Å². The number of carbonyl (C=O) groups excluding carboxylic acids is 2. The first-order chi connectivity index (χ1) is 15.9. The van der Waals surface area contributed by atoms with E-state index in [0.29, 0.717) is 33.4 Å². The summed E-state index contributed by atoms with van der Waals surface area (Å²) < 4.78 is 4.83. The number of nitrogens with zero attached hydrogens (tertiary/aromatic N) is 2. The monoisotopic (exact) mass is 484 g/mol. The zero-order chi connectivity index (χ0) is 23.5. The number of thiazole rings is 1. The number of ether oxygens (including phenoxy) is 1. The Balaban J connectivity index is 1.46. The number of hydrogen-bond donors (Lipinski definition) is 2. The van der Waals surface area contributed by atoms with Crippen molar-refractivity contribution < 1.29 is 14.3 Å². The smallest absolute Gasteiger partial charge is 0.340 e. The number of nitrogens with two attached hydrogens (primary N) is 1. The van der Waals surface area contributed by atoms with Gasteiger partial charge in [-0.1, -0.05) is 23.7 Å². The van der Waals surface area contributed by atoms with E-state index in [2.05, 4.69) is 15.2 Å². The van der Waals surface area contributed by atoms with Gasteiger partial charge in [0.25, 0.3) is 5.91 Å². The average molecular weight is 485 g/mol. The molecular weight excluding hydrogens is 460 g/mol. The molecule has 33 heavy (non-hydrogen) atoms. The molecule has 2 heterocycles. The minimum Gasteiger partial charge on any atom is -0.465 e. The molecule has 1 aliphatic rings. The summed E-state index contributed by atoms with van der Waals surface area (Å²) >= 11 is 7.35. The molecule has 2 aromatic carbocycles. The van der Waals surface area contributed by atoms with Crippen molar-refractivity contribution in [3.63, 3.8) is 0 Å². The van der Waals surface area contributed by atoms with Crippen molar-refractivity contribution >= 4 is 46.2 Å². The largest absolute Gasteiger partial charge is 0.465 e. The van der Waals surface area contributed by atoms with Crippen molar-refractivity contribution in [2.24, 2.45) is 0 Å². The third-order valence-electron chi connectivity index (χ3n) is 5.66. The molecule has 0 spiro atoms. The van der Waals surface area contributed by atoms with Crippen LogP contribution >= 0.6 is 22.9 Å². The fourth-order valence-corrected chi connectivity index (χ4v) is 5.03. The average Bonchev–Trinajstić information content (AvgIpc) is 3.21. The van der Waals surface area contributed by atoms with E-state index in [1.165, 1.54) is 18.4 Å². The highest BCUT2D eigenvalue weighted by Gasteiger charge is 2.25. The molecule has 172 valence electrons. The lowest BCUT2D eigenvalue weighted by molar-refractivity contribution is 0.0602. The van der Waals surface area contributed by atoms with E-state index in [1.54, 1.807) is 12.1 Å². The van der Waals surface area contributed by atoms with Crippen molar-refractivity contribution in [2.45, 2.75) is 25.8 Å². The fourth-order valence-electron chi connectivity index (χ4n) is 3.93. The van der Waals surface area contributed by atoms with E-state index in [4.69, 9.17) is 22.1 Å². The van der Waals surface area contributed by atoms with Gasteiger partial charge in [-0.3, -0.25) is 4.79 Å². The Morgan fingerprint density at radius 3 is 2.73 bits per heavy atom. The normalized spacial score (nSPS) is 15.8. The molecule has 0 unspecified atom stereocenters. The molecule has 4 rings (SSSR count). The third-order valence-corrected chi connectivity index (χ3v) is 7.12. The van der Waals surface area contributed by atoms with Crippen molar-refractivity contribution in [2.75, 3.05) is 30.8 Å². The number of piperidine rings is 1. The van der Waals surface area contributed by atoms with Gasteiger partial charge in [-0.05, 0) is 50.1 Å². The van der Waals surface area contributed by atoms with Gasteiger partial charge in [0.05, 0.1) is 18.4 Å². The lowest BCUT2D eigenvalue weighted by atomic mass is 10.0. The fraction of sp³-hybridized carbons (Fsp3) is 0.292. The Labute approximate surface area is 201 Å². The lowest BCUT2D eigenvalue weighted by Gasteiger charge is -2.35. The van der Waals surface area contributed by atoms with E-state index in [0.717, 1.165) is 35.6 Å². The quantitative estimate of drug-likeness (QED) is 0.407. The number of methoxy groups -OCH3 is 1. The Kier molecular flexibility index (Phi) is 6.85. The van der Waals surface area contributed by atoms with Crippen LogP contribution in [0.5, 0.6) is 0 Å². The first-order valence-corrected chi connectivity index (χ1v) is 11.8. The molecule has 0 bridgehead atoms. The maximum absolute atomic E-state index is 13.0. The molecule has 7 nitrogen and oxygen atoms in total. The summed E-state index contributed by atoms with van der Waals surface area (Å²) in [5.41, 5.74) is 9.17. The number of carbonyl (C=O) groups is 2. The summed E-state index contributed by atoms with van der Waals surface area (Å²) in [7, 11) is 1.33. The van der Waals surface area contributed by atoms with Gasteiger partial charge in [0.1, 0.15) is 9.88 Å². The molecule has 3 N–H and O–H groups in total. The molecule has 3 aromatic rings. The van der Waals surface area contributed by atoms with Crippen molar-refractivity contribution in [3.05, 3.63) is 63.6 Å². The second kappa shape index (κ2) is 9.80. The highest BCUT2D eigenvalue weighted by Crippen LogP contribution is 2.29. The highest BCUT2D eigenvalue weighted by molar-refractivity contribution is 7.17. The number of halogens is 1. The second-order valence-corrected chi connectivity index (χ2v) is 9.40. The van der Waals surface area contributed by atoms with Crippen LogP contribution in [0.4, 0.5) is 11.4 Å². The maximum atomic E-state index is 13.0. The molecule has 1 atom stereocenters. The van der Waals surface area contributed by atoms with E-state index in [-0.39, 0.29) is 11.9 Å². The van der Waals surface area contributed by atoms with Gasteiger partial charge in [-0.15, -0.1) is 11.3 Å². The zero-order valence-corrected chi connectivity index (χ0v) is 20.0. The predicted octanol–water partition coefficient (Wildman–Crippen LogP) is 4.54. The molecule has 0 saturated carbocycles. The van der Waals surface area contributed by atoms with Crippen LogP contribution in [0, 0.1) is 6.92 Å². The topological polar surface area (TPSA) is 97.5 Å². The number of esters is 1. The SMILES string of the molecule is COC(=O)c1cc(N2CCC[C@H](NC(=O)c3sc(-c4ccc(Cl)cc4)nc3C)C2)ccc1N. The van der Waals surface area contributed by atoms with Crippen LogP contribution in [-0.2, 0) is 4.74 Å². The summed E-state index contributed by atoms with van der Waals surface area (Å²) in [5, 5.41) is 4.61. The summed E-state index contributed by atoms with van der Waals surface area (Å²) in [6.07, 6.45) is 1.80. The Morgan fingerprint density at radius 1 is 1.24 bits per heavy atom. The molecule has 1 aromatic heterocycles. The molecule has 0 radical (unpaired) electrons. The molecule has 9 heteroatoms.